The molecule has 0 heterocycles. The van der Waals surface area contributed by atoms with E-state index in [-0.39, 0.29) is 6.04 Å². The van der Waals surface area contributed by atoms with Crippen LogP contribution in [0.1, 0.15) is 36.1 Å². The van der Waals surface area contributed by atoms with Gasteiger partial charge in [-0.25, -0.2) is 0 Å². The van der Waals surface area contributed by atoms with Crippen molar-refractivity contribution in [2.45, 2.75) is 32.4 Å². The zero-order valence-corrected chi connectivity index (χ0v) is 9.01. The molecular formula is C12H17N3. The molecule has 3 heteroatoms. The van der Waals surface area contributed by atoms with Crippen LogP contribution in [-0.2, 0) is 13.0 Å². The topological polar surface area (TPSA) is 61.9 Å². The van der Waals surface area contributed by atoms with Gasteiger partial charge in [-0.05, 0) is 36.5 Å². The fraction of sp³-hybridized carbons (Fsp3) is 0.417. The second-order valence-corrected chi connectivity index (χ2v) is 4.16. The standard InChI is InChI=1S/C12H17N3/c1-8(13)15-7-9-2-3-10-4-5-12(14)11(10)6-9/h2-3,6,12H,4-5,7,14H2,1H3,(H2,13,15). The first-order chi connectivity index (χ1) is 7.16. The van der Waals surface area contributed by atoms with Gasteiger partial charge in [0.2, 0.25) is 0 Å². The summed E-state index contributed by atoms with van der Waals surface area (Å²) >= 11 is 0. The minimum Gasteiger partial charge on any atom is -0.370 e. The summed E-state index contributed by atoms with van der Waals surface area (Å²) in [4.78, 5) is 0. The van der Waals surface area contributed by atoms with Crippen LogP contribution in [0.15, 0.2) is 18.2 Å². The van der Waals surface area contributed by atoms with Crippen molar-refractivity contribution in [3.63, 3.8) is 0 Å². The van der Waals surface area contributed by atoms with E-state index in [4.69, 9.17) is 11.1 Å². The third-order valence-electron chi connectivity index (χ3n) is 2.89. The van der Waals surface area contributed by atoms with Gasteiger partial charge in [0.25, 0.3) is 0 Å². The monoisotopic (exact) mass is 203 g/mol. The van der Waals surface area contributed by atoms with Crippen LogP contribution in [-0.4, -0.2) is 5.84 Å². The Bertz CT molecular complexity index is 384. The Morgan fingerprint density at radius 3 is 3.13 bits per heavy atom. The summed E-state index contributed by atoms with van der Waals surface area (Å²) in [6.45, 7) is 2.47. The molecule has 0 aliphatic heterocycles. The third-order valence-corrected chi connectivity index (χ3v) is 2.89. The van der Waals surface area contributed by atoms with Crippen LogP contribution in [0.5, 0.6) is 0 Å². The summed E-state index contributed by atoms with van der Waals surface area (Å²) in [7, 11) is 0. The minimum absolute atomic E-state index is 0.209. The van der Waals surface area contributed by atoms with E-state index in [0.29, 0.717) is 5.84 Å². The third kappa shape index (κ3) is 2.18. The van der Waals surface area contributed by atoms with Crippen LogP contribution in [0.3, 0.4) is 0 Å². The molecule has 0 bridgehead atoms. The van der Waals surface area contributed by atoms with E-state index < -0.39 is 0 Å². The first-order valence-electron chi connectivity index (χ1n) is 5.33. The highest BCUT2D eigenvalue weighted by Gasteiger charge is 2.18. The summed E-state index contributed by atoms with van der Waals surface area (Å²) in [5.74, 6) is 0.500. The van der Waals surface area contributed by atoms with Gasteiger partial charge in [-0.15, -0.1) is 0 Å². The van der Waals surface area contributed by atoms with Crippen LogP contribution in [0.2, 0.25) is 0 Å². The Kier molecular flexibility index (Phi) is 2.73. The molecule has 4 N–H and O–H groups in total. The van der Waals surface area contributed by atoms with Crippen molar-refractivity contribution < 1.29 is 0 Å². The molecule has 1 aliphatic rings. The number of benzene rings is 1. The fourth-order valence-electron chi connectivity index (χ4n) is 2.03. The Balaban J connectivity index is 2.14. The van der Waals surface area contributed by atoms with E-state index in [1.54, 1.807) is 6.92 Å². The number of hydrogen-bond donors (Lipinski definition) is 3. The molecule has 0 radical (unpaired) electrons. The number of nitrogens with two attached hydrogens (primary N) is 1. The highest BCUT2D eigenvalue weighted by atomic mass is 14.9. The van der Waals surface area contributed by atoms with Gasteiger partial charge in [0.1, 0.15) is 0 Å². The zero-order chi connectivity index (χ0) is 10.8. The van der Waals surface area contributed by atoms with Gasteiger partial charge in [-0.1, -0.05) is 18.2 Å². The van der Waals surface area contributed by atoms with Crippen LogP contribution in [0.25, 0.3) is 0 Å². The lowest BCUT2D eigenvalue weighted by atomic mass is 10.0. The van der Waals surface area contributed by atoms with Crippen molar-refractivity contribution in [2.75, 3.05) is 0 Å². The zero-order valence-electron chi connectivity index (χ0n) is 9.01. The molecule has 1 aromatic rings. The number of hydrogen-bond acceptors (Lipinski definition) is 2. The van der Waals surface area contributed by atoms with Crippen molar-refractivity contribution in [1.29, 1.82) is 5.41 Å². The van der Waals surface area contributed by atoms with Crippen molar-refractivity contribution in [3.05, 3.63) is 34.9 Å². The van der Waals surface area contributed by atoms with Crippen LogP contribution in [0.4, 0.5) is 0 Å². The normalized spacial score (nSPS) is 18.7. The molecule has 0 aromatic heterocycles. The van der Waals surface area contributed by atoms with E-state index in [9.17, 15) is 0 Å². The molecule has 0 spiro atoms. The van der Waals surface area contributed by atoms with Gasteiger partial charge in [0, 0.05) is 12.6 Å². The lowest BCUT2D eigenvalue weighted by molar-refractivity contribution is 0.712. The van der Waals surface area contributed by atoms with Gasteiger partial charge in [-0.2, -0.15) is 0 Å². The number of rotatable bonds is 2. The Morgan fingerprint density at radius 2 is 2.40 bits per heavy atom. The first-order valence-corrected chi connectivity index (χ1v) is 5.33. The molecule has 1 aromatic carbocycles. The SMILES string of the molecule is CC(=N)NCc1ccc2c(c1)C(N)CC2. The van der Waals surface area contributed by atoms with Crippen molar-refractivity contribution in [2.24, 2.45) is 5.73 Å². The number of amidine groups is 1. The van der Waals surface area contributed by atoms with Crippen molar-refractivity contribution in [3.8, 4) is 0 Å². The predicted molar refractivity (Wildman–Crippen MR) is 61.9 cm³/mol. The second-order valence-electron chi connectivity index (χ2n) is 4.16. The molecule has 1 unspecified atom stereocenters. The lowest BCUT2D eigenvalue weighted by Gasteiger charge is -2.09. The molecule has 0 saturated heterocycles. The van der Waals surface area contributed by atoms with Gasteiger partial charge in [0.05, 0.1) is 5.84 Å². The van der Waals surface area contributed by atoms with Crippen LogP contribution >= 0.6 is 0 Å². The molecule has 0 amide bonds. The number of fused-ring (bicyclic) bond motifs is 1. The molecule has 15 heavy (non-hydrogen) atoms. The maximum absolute atomic E-state index is 7.30. The highest BCUT2D eigenvalue weighted by molar-refractivity contribution is 5.75. The molecule has 1 aliphatic carbocycles. The van der Waals surface area contributed by atoms with Gasteiger partial charge < -0.3 is 11.1 Å². The molecule has 3 nitrogen and oxygen atoms in total. The quantitative estimate of drug-likeness (QED) is 0.506. The average molecular weight is 203 g/mol. The molecule has 80 valence electrons. The van der Waals surface area contributed by atoms with Gasteiger partial charge in [0.15, 0.2) is 0 Å². The van der Waals surface area contributed by atoms with E-state index in [0.717, 1.165) is 19.4 Å². The van der Waals surface area contributed by atoms with Crippen LogP contribution in [0, 0.1) is 5.41 Å². The first kappa shape index (κ1) is 10.2. The summed E-state index contributed by atoms with van der Waals surface area (Å²) in [5, 5.41) is 10.3. The largest absolute Gasteiger partial charge is 0.370 e. The van der Waals surface area contributed by atoms with Crippen LogP contribution < -0.4 is 11.1 Å². The van der Waals surface area contributed by atoms with Crippen molar-refractivity contribution >= 4 is 5.84 Å². The highest BCUT2D eigenvalue weighted by Crippen LogP contribution is 2.29. The number of nitrogens with one attached hydrogen (secondary N) is 2. The van der Waals surface area contributed by atoms with Gasteiger partial charge >= 0.3 is 0 Å². The van der Waals surface area contributed by atoms with E-state index in [1.807, 2.05) is 0 Å². The van der Waals surface area contributed by atoms with E-state index >= 15 is 0 Å². The summed E-state index contributed by atoms with van der Waals surface area (Å²) < 4.78 is 0. The van der Waals surface area contributed by atoms with E-state index in [2.05, 4.69) is 23.5 Å². The Morgan fingerprint density at radius 1 is 1.60 bits per heavy atom. The minimum atomic E-state index is 0.209. The molecule has 1 atom stereocenters. The average Bonchev–Trinajstić information content (AvgIpc) is 2.57. The maximum Gasteiger partial charge on any atom is 0.0902 e. The number of aryl methyl sites for hydroxylation is 1. The predicted octanol–water partition coefficient (Wildman–Crippen LogP) is 1.72. The Hall–Kier alpha value is -1.35. The summed E-state index contributed by atoms with van der Waals surface area (Å²) in [6.07, 6.45) is 2.17. The summed E-state index contributed by atoms with van der Waals surface area (Å²) in [5.41, 5.74) is 9.89. The second kappa shape index (κ2) is 4.03. The fourth-order valence-corrected chi connectivity index (χ4v) is 2.03. The maximum atomic E-state index is 7.30. The summed E-state index contributed by atoms with van der Waals surface area (Å²) in [6, 6.07) is 6.66. The molecular weight excluding hydrogens is 186 g/mol. The van der Waals surface area contributed by atoms with Crippen molar-refractivity contribution in [1.82, 2.24) is 5.32 Å². The molecule has 2 rings (SSSR count). The Labute approximate surface area is 90.2 Å². The smallest absolute Gasteiger partial charge is 0.0902 e. The van der Waals surface area contributed by atoms with Gasteiger partial charge in [-0.3, -0.25) is 5.41 Å². The van der Waals surface area contributed by atoms with E-state index in [1.165, 1.54) is 16.7 Å². The lowest BCUT2D eigenvalue weighted by Crippen LogP contribution is -2.18. The molecule has 0 saturated carbocycles. The molecule has 0 fully saturated rings.